The summed E-state index contributed by atoms with van der Waals surface area (Å²) in [6.07, 6.45) is -3.01. The van der Waals surface area contributed by atoms with Crippen LogP contribution in [0.1, 0.15) is 4.88 Å². The van der Waals surface area contributed by atoms with Crippen LogP contribution >= 0.6 is 22.9 Å². The van der Waals surface area contributed by atoms with E-state index in [9.17, 15) is 13.2 Å². The van der Waals surface area contributed by atoms with Crippen molar-refractivity contribution in [2.75, 3.05) is 5.32 Å². The first-order valence-electron chi connectivity index (χ1n) is 5.78. The highest BCUT2D eigenvalue weighted by Gasteiger charge is 2.32. The second-order valence-electron chi connectivity index (χ2n) is 4.17. The Kier molecular flexibility index (Phi) is 3.46. The summed E-state index contributed by atoms with van der Waals surface area (Å²) in [4.78, 5) is 7.48. The van der Waals surface area contributed by atoms with Gasteiger partial charge in [0.05, 0.1) is 10.5 Å². The molecule has 0 saturated carbocycles. The van der Waals surface area contributed by atoms with Crippen molar-refractivity contribution in [2.24, 2.45) is 0 Å². The third-order valence-electron chi connectivity index (χ3n) is 2.73. The Morgan fingerprint density at radius 3 is 2.62 bits per heavy atom. The minimum Gasteiger partial charge on any atom is -0.331 e. The number of anilines is 2. The maximum absolute atomic E-state index is 12.6. The van der Waals surface area contributed by atoms with Crippen LogP contribution in [0.2, 0.25) is 5.02 Å². The lowest BCUT2D eigenvalue weighted by molar-refractivity contribution is -0.134. The van der Waals surface area contributed by atoms with Crippen LogP contribution in [0.15, 0.2) is 36.7 Å². The number of nitrogens with zero attached hydrogens (tertiary/aromatic N) is 2. The molecule has 0 fully saturated rings. The van der Waals surface area contributed by atoms with Crippen molar-refractivity contribution >= 4 is 44.7 Å². The molecular weight excluding hydrogens is 323 g/mol. The molecule has 3 nitrogen and oxygen atoms in total. The summed E-state index contributed by atoms with van der Waals surface area (Å²) >= 11 is 6.50. The second-order valence-corrected chi connectivity index (χ2v) is 5.69. The monoisotopic (exact) mass is 329 g/mol. The first-order valence-corrected chi connectivity index (χ1v) is 6.97. The second kappa shape index (κ2) is 5.16. The van der Waals surface area contributed by atoms with Crippen molar-refractivity contribution in [3.05, 3.63) is 46.6 Å². The summed E-state index contributed by atoms with van der Waals surface area (Å²) in [5.41, 5.74) is 0.618. The van der Waals surface area contributed by atoms with E-state index in [0.717, 1.165) is 6.07 Å². The number of thiophene rings is 1. The Labute approximate surface area is 126 Å². The Morgan fingerprint density at radius 2 is 1.90 bits per heavy atom. The van der Waals surface area contributed by atoms with Crippen molar-refractivity contribution < 1.29 is 13.2 Å². The van der Waals surface area contributed by atoms with E-state index in [1.54, 1.807) is 18.2 Å². The van der Waals surface area contributed by atoms with Gasteiger partial charge in [-0.05, 0) is 30.3 Å². The molecule has 0 radical (unpaired) electrons. The maximum atomic E-state index is 12.6. The topological polar surface area (TPSA) is 37.8 Å². The van der Waals surface area contributed by atoms with Gasteiger partial charge in [0.2, 0.25) is 0 Å². The number of fused-ring (bicyclic) bond motifs is 1. The van der Waals surface area contributed by atoms with Gasteiger partial charge in [0.1, 0.15) is 17.0 Å². The molecule has 0 amide bonds. The van der Waals surface area contributed by atoms with Gasteiger partial charge < -0.3 is 5.32 Å². The third-order valence-corrected chi connectivity index (χ3v) is 4.01. The molecule has 2 aromatic heterocycles. The van der Waals surface area contributed by atoms with Crippen molar-refractivity contribution in [3.8, 4) is 0 Å². The predicted molar refractivity (Wildman–Crippen MR) is 77.2 cm³/mol. The van der Waals surface area contributed by atoms with Crippen LogP contribution < -0.4 is 5.32 Å². The zero-order chi connectivity index (χ0) is 15.0. The molecule has 0 aliphatic heterocycles. The quantitative estimate of drug-likeness (QED) is 0.710. The van der Waals surface area contributed by atoms with Crippen LogP contribution in [-0.4, -0.2) is 9.97 Å². The van der Waals surface area contributed by atoms with Crippen LogP contribution in [0.4, 0.5) is 24.0 Å². The van der Waals surface area contributed by atoms with Gasteiger partial charge in [0, 0.05) is 10.4 Å². The highest BCUT2D eigenvalue weighted by Crippen LogP contribution is 2.38. The molecule has 0 aliphatic carbocycles. The normalized spacial score (nSPS) is 11.8. The number of hydrogen-bond acceptors (Lipinski definition) is 4. The fourth-order valence-electron chi connectivity index (χ4n) is 1.80. The first-order chi connectivity index (χ1) is 9.93. The zero-order valence-electron chi connectivity index (χ0n) is 10.3. The number of benzene rings is 1. The highest BCUT2D eigenvalue weighted by atomic mass is 35.5. The van der Waals surface area contributed by atoms with Gasteiger partial charge in [-0.15, -0.1) is 11.3 Å². The zero-order valence-corrected chi connectivity index (χ0v) is 11.9. The Balaban J connectivity index is 1.97. The van der Waals surface area contributed by atoms with E-state index in [1.807, 2.05) is 0 Å². The number of rotatable bonds is 2. The average Bonchev–Trinajstić information content (AvgIpc) is 2.87. The molecule has 1 aromatic carbocycles. The van der Waals surface area contributed by atoms with Crippen molar-refractivity contribution in [3.63, 3.8) is 0 Å². The van der Waals surface area contributed by atoms with Gasteiger partial charge >= 0.3 is 6.18 Å². The van der Waals surface area contributed by atoms with Crippen LogP contribution in [-0.2, 0) is 6.18 Å². The fraction of sp³-hybridized carbons (Fsp3) is 0.0769. The lowest BCUT2D eigenvalue weighted by Crippen LogP contribution is -2.00. The van der Waals surface area contributed by atoms with Crippen molar-refractivity contribution in [2.45, 2.75) is 6.18 Å². The van der Waals surface area contributed by atoms with Crippen LogP contribution in [0.3, 0.4) is 0 Å². The first kappa shape index (κ1) is 14.1. The minimum absolute atomic E-state index is 0.359. The molecular formula is C13H7ClF3N3S. The van der Waals surface area contributed by atoms with E-state index in [2.05, 4.69) is 15.3 Å². The van der Waals surface area contributed by atoms with E-state index in [4.69, 9.17) is 11.6 Å². The molecule has 3 rings (SSSR count). The van der Waals surface area contributed by atoms with Crippen molar-refractivity contribution in [1.82, 2.24) is 9.97 Å². The van der Waals surface area contributed by atoms with E-state index in [0.29, 0.717) is 38.1 Å². The van der Waals surface area contributed by atoms with E-state index < -0.39 is 11.1 Å². The lowest BCUT2D eigenvalue weighted by Gasteiger charge is -2.06. The smallest absolute Gasteiger partial charge is 0.331 e. The Bertz CT molecular complexity index is 801. The summed E-state index contributed by atoms with van der Waals surface area (Å²) in [7, 11) is 0. The Hall–Kier alpha value is -1.86. The largest absolute Gasteiger partial charge is 0.425 e. The van der Waals surface area contributed by atoms with Crippen molar-refractivity contribution in [1.29, 1.82) is 0 Å². The molecule has 1 N–H and O–H groups in total. The molecule has 0 atom stereocenters. The van der Waals surface area contributed by atoms with E-state index >= 15 is 0 Å². The predicted octanol–water partition coefficient (Wildman–Crippen LogP) is 5.11. The number of nitrogens with one attached hydrogen (secondary N) is 1. The Morgan fingerprint density at radius 1 is 1.10 bits per heavy atom. The van der Waals surface area contributed by atoms with Crippen LogP contribution in [0, 0.1) is 0 Å². The summed E-state index contributed by atoms with van der Waals surface area (Å²) in [6, 6.07) is 7.47. The molecule has 21 heavy (non-hydrogen) atoms. The summed E-state index contributed by atoms with van der Waals surface area (Å²) in [6.45, 7) is 0. The molecule has 0 aliphatic rings. The standard InChI is InChI=1S/C13H7ClF3N3S/c14-7-1-2-8-9(5-7)18-6-19-12(8)20-11-4-3-10(21-11)13(15,16)17/h1-6H,(H,18,19,20). The third kappa shape index (κ3) is 2.93. The van der Waals surface area contributed by atoms with Gasteiger partial charge in [0.25, 0.3) is 0 Å². The molecule has 0 spiro atoms. The molecule has 3 aromatic rings. The van der Waals surface area contributed by atoms with E-state index in [-0.39, 0.29) is 0 Å². The summed E-state index contributed by atoms with van der Waals surface area (Å²) in [5, 5.41) is 4.46. The minimum atomic E-state index is -4.34. The van der Waals surface area contributed by atoms with Gasteiger partial charge in [-0.3, -0.25) is 0 Å². The van der Waals surface area contributed by atoms with Gasteiger partial charge in [-0.1, -0.05) is 11.6 Å². The molecule has 108 valence electrons. The van der Waals surface area contributed by atoms with Gasteiger partial charge in [-0.2, -0.15) is 13.2 Å². The lowest BCUT2D eigenvalue weighted by atomic mass is 10.2. The number of hydrogen-bond donors (Lipinski definition) is 1. The molecule has 8 heteroatoms. The average molecular weight is 330 g/mol. The number of aromatic nitrogens is 2. The summed E-state index contributed by atoms with van der Waals surface area (Å²) in [5.74, 6) is 0.437. The molecule has 0 saturated heterocycles. The van der Waals surface area contributed by atoms with Crippen LogP contribution in [0.5, 0.6) is 0 Å². The maximum Gasteiger partial charge on any atom is 0.425 e. The van der Waals surface area contributed by atoms with Gasteiger partial charge in [0.15, 0.2) is 0 Å². The number of halogens is 4. The molecule has 2 heterocycles. The molecule has 0 unspecified atom stereocenters. The molecule has 0 bridgehead atoms. The van der Waals surface area contributed by atoms with Gasteiger partial charge in [-0.25, -0.2) is 9.97 Å². The SMILES string of the molecule is FC(F)(F)c1ccc(Nc2ncnc3cc(Cl)ccc23)s1. The number of alkyl halides is 3. The van der Waals surface area contributed by atoms with E-state index in [1.165, 1.54) is 12.4 Å². The highest BCUT2D eigenvalue weighted by molar-refractivity contribution is 7.16. The summed E-state index contributed by atoms with van der Waals surface area (Å²) < 4.78 is 37.7. The fourth-order valence-corrected chi connectivity index (χ4v) is 2.74. The van der Waals surface area contributed by atoms with Crippen LogP contribution in [0.25, 0.3) is 10.9 Å².